The summed E-state index contributed by atoms with van der Waals surface area (Å²) >= 11 is 1.83. The Bertz CT molecular complexity index is 606. The summed E-state index contributed by atoms with van der Waals surface area (Å²) in [5, 5.41) is 0. The highest BCUT2D eigenvalue weighted by Gasteiger charge is 2.16. The van der Waals surface area contributed by atoms with Gasteiger partial charge in [0, 0.05) is 43.5 Å². The first kappa shape index (κ1) is 14.7. The minimum Gasteiger partial charge on any atom is -0.335 e. The van der Waals surface area contributed by atoms with Crippen LogP contribution in [0.15, 0.2) is 35.5 Å². The first-order valence-corrected chi connectivity index (χ1v) is 8.84. The van der Waals surface area contributed by atoms with Crippen molar-refractivity contribution < 1.29 is 0 Å². The molecule has 0 spiro atoms. The third-order valence-corrected chi connectivity index (χ3v) is 5.03. The molecule has 0 unspecified atom stereocenters. The first-order valence-electron chi connectivity index (χ1n) is 7.62. The van der Waals surface area contributed by atoms with Gasteiger partial charge < -0.3 is 4.57 Å². The number of hydrogen-bond acceptors (Lipinski definition) is 3. The highest BCUT2D eigenvalue weighted by atomic mass is 32.2. The number of aromatic nitrogens is 2. The number of thioether (sulfide) groups is 1. The molecule has 0 atom stereocenters. The van der Waals surface area contributed by atoms with E-state index < -0.39 is 0 Å². The predicted molar refractivity (Wildman–Crippen MR) is 88.8 cm³/mol. The maximum atomic E-state index is 4.28. The van der Waals surface area contributed by atoms with E-state index in [1.165, 1.54) is 36.4 Å². The third kappa shape index (κ3) is 3.50. The summed E-state index contributed by atoms with van der Waals surface area (Å²) in [6.07, 6.45) is 8.48. The molecule has 0 fully saturated rings. The second kappa shape index (κ2) is 6.67. The van der Waals surface area contributed by atoms with Crippen molar-refractivity contribution in [1.82, 2.24) is 14.5 Å². The van der Waals surface area contributed by atoms with Gasteiger partial charge in [0.05, 0.1) is 0 Å². The lowest BCUT2D eigenvalue weighted by Crippen LogP contribution is -2.31. The smallest absolute Gasteiger partial charge is 0.105 e. The monoisotopic (exact) mass is 301 g/mol. The predicted octanol–water partition coefficient (Wildman–Crippen LogP) is 3.36. The lowest BCUT2D eigenvalue weighted by atomic mass is 10.00. The summed E-state index contributed by atoms with van der Waals surface area (Å²) in [5.41, 5.74) is 3.06. The second-order valence-electron chi connectivity index (χ2n) is 5.68. The summed E-state index contributed by atoms with van der Waals surface area (Å²) in [4.78, 5) is 8.24. The normalized spacial score (nSPS) is 15.1. The lowest BCUT2D eigenvalue weighted by Gasteiger charge is -2.29. The molecular formula is C17H23N3S. The Kier molecular flexibility index (Phi) is 4.66. The molecule has 1 aromatic heterocycles. The fraction of sp³-hybridized carbons (Fsp3) is 0.471. The van der Waals surface area contributed by atoms with Gasteiger partial charge >= 0.3 is 0 Å². The van der Waals surface area contributed by atoms with E-state index in [2.05, 4.69) is 52.0 Å². The van der Waals surface area contributed by atoms with Crippen LogP contribution in [0.2, 0.25) is 0 Å². The Hall–Kier alpha value is -1.26. The highest BCUT2D eigenvalue weighted by molar-refractivity contribution is 7.98. The minimum absolute atomic E-state index is 1.07. The quantitative estimate of drug-likeness (QED) is 0.790. The van der Waals surface area contributed by atoms with Crippen LogP contribution >= 0.6 is 11.8 Å². The molecule has 0 amide bonds. The van der Waals surface area contributed by atoms with Gasteiger partial charge in [0.1, 0.15) is 5.82 Å². The van der Waals surface area contributed by atoms with Crippen molar-refractivity contribution >= 4 is 11.8 Å². The first-order chi connectivity index (χ1) is 10.3. The molecule has 1 aliphatic heterocycles. The topological polar surface area (TPSA) is 21.1 Å². The highest BCUT2D eigenvalue weighted by Crippen LogP contribution is 2.24. The van der Waals surface area contributed by atoms with Crippen LogP contribution in [-0.2, 0) is 19.5 Å². The fourth-order valence-corrected chi connectivity index (χ4v) is 3.47. The molecule has 1 aromatic carbocycles. The van der Waals surface area contributed by atoms with Crippen molar-refractivity contribution in [3.63, 3.8) is 0 Å². The third-order valence-electron chi connectivity index (χ3n) is 4.30. The average Bonchev–Trinajstić information content (AvgIpc) is 2.92. The van der Waals surface area contributed by atoms with Crippen LogP contribution in [0.4, 0.5) is 0 Å². The van der Waals surface area contributed by atoms with Gasteiger partial charge in [-0.15, -0.1) is 11.8 Å². The van der Waals surface area contributed by atoms with Gasteiger partial charge in [0.2, 0.25) is 0 Å². The molecule has 3 rings (SSSR count). The molecule has 2 heterocycles. The van der Waals surface area contributed by atoms with Gasteiger partial charge in [-0.2, -0.15) is 0 Å². The van der Waals surface area contributed by atoms with E-state index in [4.69, 9.17) is 0 Å². The average molecular weight is 301 g/mol. The van der Waals surface area contributed by atoms with Gasteiger partial charge in [-0.05, 0) is 49.3 Å². The van der Waals surface area contributed by atoms with Gasteiger partial charge in [-0.25, -0.2) is 4.98 Å². The van der Waals surface area contributed by atoms with E-state index >= 15 is 0 Å². The van der Waals surface area contributed by atoms with E-state index in [1.807, 2.05) is 18.0 Å². The van der Waals surface area contributed by atoms with Crippen LogP contribution < -0.4 is 0 Å². The van der Waals surface area contributed by atoms with Crippen LogP contribution in [0, 0.1) is 6.92 Å². The molecule has 1 aliphatic rings. The molecule has 0 bridgehead atoms. The van der Waals surface area contributed by atoms with Crippen molar-refractivity contribution in [3.05, 3.63) is 47.5 Å². The van der Waals surface area contributed by atoms with E-state index in [0.29, 0.717) is 0 Å². The second-order valence-corrected chi connectivity index (χ2v) is 6.56. The number of aryl methyl sites for hydroxylation is 2. The van der Waals surface area contributed by atoms with E-state index in [9.17, 15) is 0 Å². The van der Waals surface area contributed by atoms with Gasteiger partial charge in [-0.1, -0.05) is 6.07 Å². The summed E-state index contributed by atoms with van der Waals surface area (Å²) in [7, 11) is 0. The molecule has 3 nitrogen and oxygen atoms in total. The van der Waals surface area contributed by atoms with Gasteiger partial charge in [0.25, 0.3) is 0 Å². The summed E-state index contributed by atoms with van der Waals surface area (Å²) in [6.45, 7) is 6.60. The zero-order valence-electron chi connectivity index (χ0n) is 12.9. The van der Waals surface area contributed by atoms with E-state index in [1.54, 1.807) is 5.56 Å². The largest absolute Gasteiger partial charge is 0.335 e. The van der Waals surface area contributed by atoms with Crippen LogP contribution in [-0.4, -0.2) is 33.8 Å². The number of rotatable bonds is 5. The SMILES string of the molecule is CSc1ccc2c(c1)CCN(CCCn1ccnc1C)C2. The molecule has 0 saturated carbocycles. The summed E-state index contributed by atoms with van der Waals surface area (Å²) in [5.74, 6) is 1.11. The summed E-state index contributed by atoms with van der Waals surface area (Å²) in [6, 6.07) is 6.93. The molecule has 21 heavy (non-hydrogen) atoms. The minimum atomic E-state index is 1.07. The molecule has 0 aliphatic carbocycles. The Morgan fingerprint density at radius 2 is 2.14 bits per heavy atom. The van der Waals surface area contributed by atoms with Crippen LogP contribution in [0.5, 0.6) is 0 Å². The molecule has 2 aromatic rings. The maximum absolute atomic E-state index is 4.28. The van der Waals surface area contributed by atoms with Crippen molar-refractivity contribution in [2.75, 3.05) is 19.3 Å². The molecule has 112 valence electrons. The fourth-order valence-electron chi connectivity index (χ4n) is 3.01. The Morgan fingerprint density at radius 1 is 1.24 bits per heavy atom. The van der Waals surface area contributed by atoms with Crippen molar-refractivity contribution in [2.45, 2.75) is 37.8 Å². The number of nitrogens with zero attached hydrogens (tertiary/aromatic N) is 3. The molecule has 0 radical (unpaired) electrons. The number of fused-ring (bicyclic) bond motifs is 1. The van der Waals surface area contributed by atoms with E-state index in [-0.39, 0.29) is 0 Å². The van der Waals surface area contributed by atoms with Crippen molar-refractivity contribution in [1.29, 1.82) is 0 Å². The van der Waals surface area contributed by atoms with Crippen molar-refractivity contribution in [3.8, 4) is 0 Å². The Balaban J connectivity index is 1.53. The summed E-state index contributed by atoms with van der Waals surface area (Å²) < 4.78 is 2.24. The standard InChI is InChI=1S/C17H23N3S/c1-14-18-7-11-20(14)9-3-8-19-10-6-15-12-17(21-2)5-4-16(15)13-19/h4-5,7,11-12H,3,6,8-10,13H2,1-2H3. The number of imidazole rings is 1. The lowest BCUT2D eigenvalue weighted by molar-refractivity contribution is 0.246. The van der Waals surface area contributed by atoms with Crippen LogP contribution in [0.1, 0.15) is 23.4 Å². The Labute approximate surface area is 131 Å². The molecule has 4 heteroatoms. The Morgan fingerprint density at radius 3 is 2.90 bits per heavy atom. The van der Waals surface area contributed by atoms with Gasteiger partial charge in [0.15, 0.2) is 0 Å². The van der Waals surface area contributed by atoms with Crippen LogP contribution in [0.3, 0.4) is 0 Å². The molecule has 0 saturated heterocycles. The van der Waals surface area contributed by atoms with Crippen LogP contribution in [0.25, 0.3) is 0 Å². The van der Waals surface area contributed by atoms with E-state index in [0.717, 1.165) is 18.9 Å². The number of benzene rings is 1. The zero-order chi connectivity index (χ0) is 14.7. The number of hydrogen-bond donors (Lipinski definition) is 0. The van der Waals surface area contributed by atoms with Crippen molar-refractivity contribution in [2.24, 2.45) is 0 Å². The molecule has 0 N–H and O–H groups in total. The van der Waals surface area contributed by atoms with Gasteiger partial charge in [-0.3, -0.25) is 4.90 Å². The maximum Gasteiger partial charge on any atom is 0.105 e. The zero-order valence-corrected chi connectivity index (χ0v) is 13.7. The molecular weight excluding hydrogens is 278 g/mol.